The highest BCUT2D eigenvalue weighted by Gasteiger charge is 2.17. The second kappa shape index (κ2) is 9.71. The first-order chi connectivity index (χ1) is 23.3. The Hall–Kier alpha value is -6.57. The minimum absolute atomic E-state index is 0.642. The van der Waals surface area contributed by atoms with E-state index in [1.807, 2.05) is 18.2 Å². The molecule has 218 valence electrons. The number of para-hydroxylation sites is 4. The van der Waals surface area contributed by atoms with Crippen LogP contribution in [0.5, 0.6) is 0 Å². The fourth-order valence-corrected chi connectivity index (χ4v) is 7.47. The number of hydrogen-bond acceptors (Lipinski definition) is 2. The lowest BCUT2D eigenvalue weighted by Crippen LogP contribution is -1.96. The smallest absolute Gasteiger partial charge is 0.136 e. The molecule has 0 unspecified atom stereocenters. The lowest BCUT2D eigenvalue weighted by atomic mass is 9.99. The zero-order valence-electron chi connectivity index (χ0n) is 25.2. The summed E-state index contributed by atoms with van der Waals surface area (Å²) in [5, 5.41) is 17.3. The van der Waals surface area contributed by atoms with E-state index >= 15 is 0 Å². The van der Waals surface area contributed by atoms with Gasteiger partial charge in [0.15, 0.2) is 0 Å². The van der Waals surface area contributed by atoms with Crippen LogP contribution in [-0.4, -0.2) is 9.13 Å². The van der Waals surface area contributed by atoms with Crippen molar-refractivity contribution >= 4 is 65.6 Å². The van der Waals surface area contributed by atoms with Crippen LogP contribution < -0.4 is 0 Å². The van der Waals surface area contributed by atoms with Gasteiger partial charge in [0.2, 0.25) is 0 Å². The molecule has 0 spiro atoms. The van der Waals surface area contributed by atoms with Crippen molar-refractivity contribution in [2.24, 2.45) is 0 Å². The van der Waals surface area contributed by atoms with Gasteiger partial charge in [-0.25, -0.2) is 0 Å². The minimum atomic E-state index is 0.642. The summed E-state index contributed by atoms with van der Waals surface area (Å²) < 4.78 is 10.8. The standard InChI is InChI=1S/C43H25N3O/c44-26-28-23-30(46-38-13-5-1-9-32(38)33-10-2-6-14-39(33)46)21-22-31(28)27-17-19-29(20-18-27)45-40-15-7-3-11-34(40)36-25-43-37(24-41(36)45)35-12-4-8-16-42(35)47-43/h1-25H. The molecule has 0 radical (unpaired) electrons. The summed E-state index contributed by atoms with van der Waals surface area (Å²) >= 11 is 0. The lowest BCUT2D eigenvalue weighted by molar-refractivity contribution is 0.669. The molecule has 0 aliphatic heterocycles. The van der Waals surface area contributed by atoms with Gasteiger partial charge in [-0.2, -0.15) is 5.26 Å². The molecule has 0 bridgehead atoms. The normalized spacial score (nSPS) is 11.8. The Balaban J connectivity index is 1.11. The van der Waals surface area contributed by atoms with Crippen molar-refractivity contribution < 1.29 is 4.42 Å². The zero-order chi connectivity index (χ0) is 31.1. The van der Waals surface area contributed by atoms with E-state index in [4.69, 9.17) is 4.42 Å². The highest BCUT2D eigenvalue weighted by molar-refractivity contribution is 6.17. The fourth-order valence-electron chi connectivity index (χ4n) is 7.47. The van der Waals surface area contributed by atoms with Gasteiger partial charge in [-0.3, -0.25) is 0 Å². The molecule has 10 rings (SSSR count). The summed E-state index contributed by atoms with van der Waals surface area (Å²) in [4.78, 5) is 0. The van der Waals surface area contributed by atoms with E-state index in [1.54, 1.807) is 0 Å². The van der Waals surface area contributed by atoms with Crippen molar-refractivity contribution in [1.29, 1.82) is 5.26 Å². The molecule has 47 heavy (non-hydrogen) atoms. The van der Waals surface area contributed by atoms with Gasteiger partial charge in [-0.15, -0.1) is 0 Å². The molecule has 0 saturated carbocycles. The van der Waals surface area contributed by atoms with Crippen molar-refractivity contribution in [1.82, 2.24) is 9.13 Å². The van der Waals surface area contributed by atoms with Crippen LogP contribution in [0.1, 0.15) is 5.56 Å². The second-order valence-electron chi connectivity index (χ2n) is 12.1. The Bertz CT molecular complexity index is 2860. The number of nitrogens with zero attached hydrogens (tertiary/aromatic N) is 3. The van der Waals surface area contributed by atoms with Crippen LogP contribution in [0, 0.1) is 11.3 Å². The molecule has 0 amide bonds. The van der Waals surface area contributed by atoms with Crippen LogP contribution in [-0.2, 0) is 0 Å². The molecule has 0 fully saturated rings. The minimum Gasteiger partial charge on any atom is -0.456 e. The molecular weight excluding hydrogens is 574 g/mol. The zero-order valence-corrected chi connectivity index (χ0v) is 25.2. The maximum Gasteiger partial charge on any atom is 0.136 e. The summed E-state index contributed by atoms with van der Waals surface area (Å²) in [5.74, 6) is 0. The Morgan fingerprint density at radius 3 is 1.64 bits per heavy atom. The summed E-state index contributed by atoms with van der Waals surface area (Å²) in [7, 11) is 0. The number of nitriles is 1. The first-order valence-electron chi connectivity index (χ1n) is 15.7. The van der Waals surface area contributed by atoms with E-state index < -0.39 is 0 Å². The summed E-state index contributed by atoms with van der Waals surface area (Å²) in [5.41, 5.74) is 10.9. The van der Waals surface area contributed by atoms with Crippen LogP contribution in [0.2, 0.25) is 0 Å². The quantitative estimate of drug-likeness (QED) is 0.203. The van der Waals surface area contributed by atoms with Crippen LogP contribution in [0.4, 0.5) is 0 Å². The van der Waals surface area contributed by atoms with Gasteiger partial charge >= 0.3 is 0 Å². The van der Waals surface area contributed by atoms with Crippen molar-refractivity contribution in [2.45, 2.75) is 0 Å². The van der Waals surface area contributed by atoms with Gasteiger partial charge < -0.3 is 13.6 Å². The van der Waals surface area contributed by atoms with Crippen LogP contribution in [0.3, 0.4) is 0 Å². The van der Waals surface area contributed by atoms with E-state index in [0.717, 1.165) is 71.9 Å². The maximum absolute atomic E-state index is 10.3. The molecule has 3 heterocycles. The number of furan rings is 1. The lowest BCUT2D eigenvalue weighted by Gasteiger charge is -2.12. The number of fused-ring (bicyclic) bond motifs is 9. The summed E-state index contributed by atoms with van der Waals surface area (Å²) in [6.45, 7) is 0. The highest BCUT2D eigenvalue weighted by Crippen LogP contribution is 2.39. The van der Waals surface area contributed by atoms with E-state index in [9.17, 15) is 5.26 Å². The third-order valence-electron chi connectivity index (χ3n) is 9.57. The first kappa shape index (κ1) is 25.7. The Morgan fingerprint density at radius 1 is 0.426 bits per heavy atom. The molecular formula is C43H25N3O. The molecule has 0 saturated heterocycles. The fraction of sp³-hybridized carbons (Fsp3) is 0. The number of rotatable bonds is 3. The monoisotopic (exact) mass is 599 g/mol. The van der Waals surface area contributed by atoms with Crippen molar-refractivity contribution in [3.05, 3.63) is 157 Å². The van der Waals surface area contributed by atoms with Gasteiger partial charge in [-0.1, -0.05) is 91.0 Å². The number of benzene rings is 7. The van der Waals surface area contributed by atoms with Crippen molar-refractivity contribution in [2.75, 3.05) is 0 Å². The predicted molar refractivity (Wildman–Crippen MR) is 193 cm³/mol. The third kappa shape index (κ3) is 3.69. The Labute approximate surface area is 269 Å². The topological polar surface area (TPSA) is 46.8 Å². The van der Waals surface area contributed by atoms with Gasteiger partial charge in [0.25, 0.3) is 0 Å². The molecule has 0 N–H and O–H groups in total. The summed E-state index contributed by atoms with van der Waals surface area (Å²) in [6, 6.07) is 55.3. The van der Waals surface area contributed by atoms with Crippen molar-refractivity contribution in [3.63, 3.8) is 0 Å². The SMILES string of the molecule is N#Cc1cc(-n2c3ccccc3c3ccccc32)ccc1-c1ccc(-n2c3ccccc3c3cc4oc5ccccc5c4cc32)cc1. The predicted octanol–water partition coefficient (Wildman–Crippen LogP) is 11.3. The van der Waals surface area contributed by atoms with E-state index in [2.05, 4.69) is 149 Å². The largest absolute Gasteiger partial charge is 0.456 e. The molecule has 0 atom stereocenters. The molecule has 0 aliphatic carbocycles. The van der Waals surface area contributed by atoms with E-state index in [0.29, 0.717) is 5.56 Å². The van der Waals surface area contributed by atoms with Crippen LogP contribution in [0.15, 0.2) is 156 Å². The molecule has 4 heteroatoms. The Kier molecular flexibility index (Phi) is 5.32. The number of aromatic nitrogens is 2. The van der Waals surface area contributed by atoms with E-state index in [-0.39, 0.29) is 0 Å². The van der Waals surface area contributed by atoms with Crippen molar-refractivity contribution in [3.8, 4) is 28.6 Å². The van der Waals surface area contributed by atoms with Gasteiger partial charge in [-0.05, 0) is 71.8 Å². The third-order valence-corrected chi connectivity index (χ3v) is 9.57. The summed E-state index contributed by atoms with van der Waals surface area (Å²) in [6.07, 6.45) is 0. The van der Waals surface area contributed by atoms with Crippen LogP contribution >= 0.6 is 0 Å². The molecule has 7 aromatic carbocycles. The highest BCUT2D eigenvalue weighted by atomic mass is 16.3. The van der Waals surface area contributed by atoms with Gasteiger partial charge in [0, 0.05) is 43.7 Å². The first-order valence-corrected chi connectivity index (χ1v) is 15.7. The molecule has 3 aromatic heterocycles. The molecule has 10 aromatic rings. The maximum atomic E-state index is 10.3. The van der Waals surface area contributed by atoms with Crippen LogP contribution in [0.25, 0.3) is 88.1 Å². The molecule has 4 nitrogen and oxygen atoms in total. The van der Waals surface area contributed by atoms with E-state index in [1.165, 1.54) is 16.2 Å². The average molecular weight is 600 g/mol. The Morgan fingerprint density at radius 2 is 0.979 bits per heavy atom. The van der Waals surface area contributed by atoms with Gasteiger partial charge in [0.05, 0.1) is 33.7 Å². The average Bonchev–Trinajstić information content (AvgIpc) is 3.78. The molecule has 0 aliphatic rings. The van der Waals surface area contributed by atoms with Gasteiger partial charge in [0.1, 0.15) is 11.2 Å². The number of hydrogen-bond donors (Lipinski definition) is 0. The second-order valence-corrected chi connectivity index (χ2v) is 12.1.